The summed E-state index contributed by atoms with van der Waals surface area (Å²) < 4.78 is 11.0. The lowest BCUT2D eigenvalue weighted by atomic mass is 9.97. The van der Waals surface area contributed by atoms with Crippen LogP contribution < -0.4 is 20.1 Å². The summed E-state index contributed by atoms with van der Waals surface area (Å²) in [4.78, 5) is 18.9. The minimum Gasteiger partial charge on any atom is -0.493 e. The van der Waals surface area contributed by atoms with Crippen molar-refractivity contribution in [3.63, 3.8) is 0 Å². The molecule has 0 amide bonds. The predicted molar refractivity (Wildman–Crippen MR) is 116 cm³/mol. The highest BCUT2D eigenvalue weighted by Crippen LogP contribution is 2.31. The number of guanidine groups is 1. The van der Waals surface area contributed by atoms with Crippen molar-refractivity contribution < 1.29 is 19.4 Å². The molecule has 1 aromatic heterocycles. The summed E-state index contributed by atoms with van der Waals surface area (Å²) in [6, 6.07) is 7.97. The quantitative estimate of drug-likeness (QED) is 0.379. The van der Waals surface area contributed by atoms with E-state index in [1.165, 1.54) is 11.8 Å². The van der Waals surface area contributed by atoms with Gasteiger partial charge in [0.25, 0.3) is 0 Å². The van der Waals surface area contributed by atoms with Crippen molar-refractivity contribution in [2.24, 2.45) is 11.7 Å². The number of hydrogen-bond acceptors (Lipinski definition) is 6. The number of rotatable bonds is 5. The van der Waals surface area contributed by atoms with Crippen LogP contribution in [0, 0.1) is 11.3 Å². The molecule has 4 rings (SSSR count). The molecule has 4 N–H and O–H groups in total. The topological polar surface area (TPSA) is 125 Å². The number of nitrogens with two attached hydrogens (primary N) is 1. The Labute approximate surface area is 180 Å². The van der Waals surface area contributed by atoms with E-state index in [0.717, 1.165) is 55.9 Å². The minimum absolute atomic E-state index is 0.106. The van der Waals surface area contributed by atoms with E-state index >= 15 is 0 Å². The van der Waals surface area contributed by atoms with Gasteiger partial charge in [-0.15, -0.1) is 0 Å². The van der Waals surface area contributed by atoms with Crippen LogP contribution in [-0.2, 0) is 13.0 Å². The van der Waals surface area contributed by atoms with E-state index < -0.39 is 6.16 Å². The van der Waals surface area contributed by atoms with E-state index in [1.807, 2.05) is 11.0 Å². The first-order valence-electron chi connectivity index (χ1n) is 10.4. The van der Waals surface area contributed by atoms with Crippen molar-refractivity contribution in [2.75, 3.05) is 31.1 Å². The van der Waals surface area contributed by atoms with Gasteiger partial charge in [0.05, 0.1) is 18.5 Å². The Hall–Kier alpha value is -3.49. The first-order valence-corrected chi connectivity index (χ1v) is 10.4. The SMILES string of the molecule is N=C(N)N1CCc2ccc(OCC3CCN(c4ccncc4OC(=O)O)CC3)cc2C1. The number of anilines is 1. The number of nitrogens with one attached hydrogen (secondary N) is 1. The molecule has 0 saturated carbocycles. The average molecular weight is 425 g/mol. The van der Waals surface area contributed by atoms with E-state index in [0.29, 0.717) is 19.1 Å². The van der Waals surface area contributed by atoms with Crippen LogP contribution in [0.5, 0.6) is 11.5 Å². The highest BCUT2D eigenvalue weighted by Gasteiger charge is 2.23. The molecule has 0 unspecified atom stereocenters. The molecule has 1 aromatic carbocycles. The van der Waals surface area contributed by atoms with Crippen LogP contribution in [0.2, 0.25) is 0 Å². The molecule has 0 atom stereocenters. The number of piperidine rings is 1. The van der Waals surface area contributed by atoms with Crippen LogP contribution in [-0.4, -0.2) is 53.3 Å². The van der Waals surface area contributed by atoms with Gasteiger partial charge in [-0.05, 0) is 54.5 Å². The maximum absolute atomic E-state index is 10.9. The van der Waals surface area contributed by atoms with Gasteiger partial charge in [-0.3, -0.25) is 10.4 Å². The first kappa shape index (κ1) is 20.8. The highest BCUT2D eigenvalue weighted by molar-refractivity contribution is 5.75. The summed E-state index contributed by atoms with van der Waals surface area (Å²) in [7, 11) is 0. The third-order valence-electron chi connectivity index (χ3n) is 5.93. The molecule has 0 aliphatic carbocycles. The maximum Gasteiger partial charge on any atom is 0.511 e. The van der Waals surface area contributed by atoms with Crippen molar-refractivity contribution >= 4 is 17.8 Å². The lowest BCUT2D eigenvalue weighted by molar-refractivity contribution is 0.144. The summed E-state index contributed by atoms with van der Waals surface area (Å²) in [6.45, 7) is 3.65. The second kappa shape index (κ2) is 9.11. The van der Waals surface area contributed by atoms with Gasteiger partial charge < -0.3 is 30.1 Å². The van der Waals surface area contributed by atoms with Crippen LogP contribution in [0.15, 0.2) is 36.7 Å². The Morgan fingerprint density at radius 1 is 1.23 bits per heavy atom. The molecule has 0 spiro atoms. The van der Waals surface area contributed by atoms with E-state index in [-0.39, 0.29) is 11.7 Å². The van der Waals surface area contributed by atoms with Crippen LogP contribution >= 0.6 is 0 Å². The lowest BCUT2D eigenvalue weighted by Crippen LogP contribution is -2.40. The van der Waals surface area contributed by atoms with Crippen molar-refractivity contribution in [1.82, 2.24) is 9.88 Å². The van der Waals surface area contributed by atoms with Gasteiger partial charge >= 0.3 is 6.16 Å². The number of ether oxygens (including phenoxy) is 2. The van der Waals surface area contributed by atoms with Crippen molar-refractivity contribution in [1.29, 1.82) is 5.41 Å². The summed E-state index contributed by atoms with van der Waals surface area (Å²) in [6.07, 6.45) is 4.50. The molecule has 9 nitrogen and oxygen atoms in total. The Morgan fingerprint density at radius 3 is 2.77 bits per heavy atom. The monoisotopic (exact) mass is 425 g/mol. The summed E-state index contributed by atoms with van der Waals surface area (Å²) in [5.41, 5.74) is 8.84. The number of benzene rings is 1. The van der Waals surface area contributed by atoms with Gasteiger partial charge in [0.1, 0.15) is 5.75 Å². The Morgan fingerprint density at radius 2 is 2.03 bits per heavy atom. The van der Waals surface area contributed by atoms with E-state index in [4.69, 9.17) is 25.7 Å². The van der Waals surface area contributed by atoms with Gasteiger partial charge in [0.2, 0.25) is 0 Å². The van der Waals surface area contributed by atoms with Crippen LogP contribution in [0.3, 0.4) is 0 Å². The molecule has 1 saturated heterocycles. The third-order valence-corrected chi connectivity index (χ3v) is 5.93. The molecular weight excluding hydrogens is 398 g/mol. The highest BCUT2D eigenvalue weighted by atomic mass is 16.7. The molecule has 0 bridgehead atoms. The number of carbonyl (C=O) groups is 1. The number of pyridine rings is 1. The molecule has 9 heteroatoms. The predicted octanol–water partition coefficient (Wildman–Crippen LogP) is 2.69. The molecule has 31 heavy (non-hydrogen) atoms. The zero-order chi connectivity index (χ0) is 21.8. The Bertz CT molecular complexity index is 959. The lowest BCUT2D eigenvalue weighted by Gasteiger charge is -2.34. The second-order valence-electron chi connectivity index (χ2n) is 7.94. The zero-order valence-electron chi connectivity index (χ0n) is 17.3. The summed E-state index contributed by atoms with van der Waals surface area (Å²) >= 11 is 0. The largest absolute Gasteiger partial charge is 0.511 e. The standard InChI is InChI=1S/C22H27N5O4/c23-21(24)27-10-6-16-1-2-18(11-17(16)13-27)30-14-15-4-8-26(9-5-15)19-3-7-25-12-20(19)31-22(28)29/h1-3,7,11-12,15H,4-6,8-10,13-14H2,(H3,23,24)(H,28,29). The molecular formula is C22H27N5O4. The zero-order valence-corrected chi connectivity index (χ0v) is 17.3. The number of nitrogens with zero attached hydrogens (tertiary/aromatic N) is 3. The third kappa shape index (κ3) is 4.99. The molecule has 2 aliphatic heterocycles. The fraction of sp³-hybridized carbons (Fsp3) is 0.409. The van der Waals surface area contributed by atoms with Crippen molar-refractivity contribution in [3.05, 3.63) is 47.8 Å². The molecule has 2 aromatic rings. The van der Waals surface area contributed by atoms with Gasteiger partial charge in [-0.25, -0.2) is 4.79 Å². The number of aromatic nitrogens is 1. The van der Waals surface area contributed by atoms with Crippen LogP contribution in [0.1, 0.15) is 24.0 Å². The van der Waals surface area contributed by atoms with Gasteiger partial charge in [0.15, 0.2) is 11.7 Å². The molecule has 1 fully saturated rings. The van der Waals surface area contributed by atoms with E-state index in [2.05, 4.69) is 22.0 Å². The van der Waals surface area contributed by atoms with Crippen LogP contribution in [0.25, 0.3) is 0 Å². The maximum atomic E-state index is 10.9. The summed E-state index contributed by atoms with van der Waals surface area (Å²) in [5, 5.41) is 16.6. The molecule has 3 heterocycles. The Kier molecular flexibility index (Phi) is 6.11. The number of fused-ring (bicyclic) bond motifs is 1. The van der Waals surface area contributed by atoms with E-state index in [1.54, 1.807) is 12.3 Å². The van der Waals surface area contributed by atoms with Gasteiger partial charge in [0, 0.05) is 32.4 Å². The normalized spacial score (nSPS) is 16.5. The first-order chi connectivity index (χ1) is 15.0. The smallest absolute Gasteiger partial charge is 0.493 e. The second-order valence-corrected chi connectivity index (χ2v) is 7.94. The summed E-state index contributed by atoms with van der Waals surface area (Å²) in [5.74, 6) is 1.64. The number of hydrogen-bond donors (Lipinski definition) is 3. The Balaban J connectivity index is 1.31. The van der Waals surface area contributed by atoms with Crippen LogP contribution in [0.4, 0.5) is 10.5 Å². The molecule has 0 radical (unpaired) electrons. The van der Waals surface area contributed by atoms with Crippen molar-refractivity contribution in [2.45, 2.75) is 25.8 Å². The van der Waals surface area contributed by atoms with Gasteiger partial charge in [-0.1, -0.05) is 6.07 Å². The number of carboxylic acid groups (broad SMARTS) is 1. The minimum atomic E-state index is -1.34. The van der Waals surface area contributed by atoms with Gasteiger partial charge in [-0.2, -0.15) is 0 Å². The van der Waals surface area contributed by atoms with E-state index in [9.17, 15) is 4.79 Å². The average Bonchev–Trinajstić information content (AvgIpc) is 2.77. The molecule has 164 valence electrons. The molecule has 2 aliphatic rings. The fourth-order valence-corrected chi connectivity index (χ4v) is 4.19. The van der Waals surface area contributed by atoms with Crippen molar-refractivity contribution in [3.8, 4) is 11.5 Å². The fourth-order valence-electron chi connectivity index (χ4n) is 4.19.